The van der Waals surface area contributed by atoms with E-state index in [1.165, 1.54) is 12.8 Å². The summed E-state index contributed by atoms with van der Waals surface area (Å²) in [5, 5.41) is 28.1. The number of hydrogen-bond acceptors (Lipinski definition) is 11. The van der Waals surface area contributed by atoms with Gasteiger partial charge in [-0.3, -0.25) is 4.79 Å². The molecule has 0 aromatic rings. The van der Waals surface area contributed by atoms with Gasteiger partial charge in [0.25, 0.3) is 0 Å². The Morgan fingerprint density at radius 3 is 1.97 bits per heavy atom. The van der Waals surface area contributed by atoms with E-state index in [2.05, 4.69) is 11.7 Å². The second-order valence-corrected chi connectivity index (χ2v) is 7.22. The number of carbonyl (C=O) groups excluding carboxylic acids is 4. The van der Waals surface area contributed by atoms with Crippen LogP contribution in [0.15, 0.2) is 0 Å². The van der Waals surface area contributed by atoms with Gasteiger partial charge in [-0.15, -0.1) is 0 Å². The van der Waals surface area contributed by atoms with E-state index < -0.39 is 61.7 Å². The monoisotopic (exact) mass is 448 g/mol. The van der Waals surface area contributed by atoms with Crippen LogP contribution in [-0.4, -0.2) is 77.0 Å². The van der Waals surface area contributed by atoms with Crippen LogP contribution in [0.3, 0.4) is 0 Å². The zero-order valence-corrected chi connectivity index (χ0v) is 17.7. The van der Waals surface area contributed by atoms with Crippen molar-refractivity contribution in [2.45, 2.75) is 82.7 Å². The summed E-state index contributed by atoms with van der Waals surface area (Å²) in [4.78, 5) is 48.7. The molecule has 0 amide bonds. The van der Waals surface area contributed by atoms with E-state index in [1.807, 2.05) is 0 Å². The van der Waals surface area contributed by atoms with Crippen molar-refractivity contribution in [1.82, 2.24) is 0 Å². The molecular formula is C20H32O11. The lowest BCUT2D eigenvalue weighted by molar-refractivity contribution is -0.251. The molecule has 1 fully saturated rings. The van der Waals surface area contributed by atoms with Gasteiger partial charge in [0.2, 0.25) is 12.2 Å². The van der Waals surface area contributed by atoms with Gasteiger partial charge in [-0.2, -0.15) is 0 Å². The largest absolute Gasteiger partial charge is 0.445 e. The predicted molar refractivity (Wildman–Crippen MR) is 103 cm³/mol. The summed E-state index contributed by atoms with van der Waals surface area (Å²) >= 11 is 0. The van der Waals surface area contributed by atoms with Crippen LogP contribution in [0.2, 0.25) is 0 Å². The molecule has 0 bridgehead atoms. The number of unbranched alkanes of at least 4 members (excludes halogenated alkanes) is 7. The molecule has 1 aliphatic heterocycles. The first kappa shape index (κ1) is 26.8. The quantitative estimate of drug-likeness (QED) is 0.199. The molecule has 1 saturated heterocycles. The highest BCUT2D eigenvalue weighted by molar-refractivity contribution is 5.90. The Morgan fingerprint density at radius 1 is 0.871 bits per heavy atom. The van der Waals surface area contributed by atoms with Gasteiger partial charge in [0, 0.05) is 6.42 Å². The third-order valence-corrected chi connectivity index (χ3v) is 4.66. The van der Waals surface area contributed by atoms with Crippen molar-refractivity contribution in [3.05, 3.63) is 0 Å². The van der Waals surface area contributed by atoms with E-state index in [1.54, 1.807) is 0 Å². The molecule has 11 heteroatoms. The Bertz CT molecular complexity index is 604. The van der Waals surface area contributed by atoms with Crippen LogP contribution in [0.5, 0.6) is 0 Å². The average Bonchev–Trinajstić information content (AvgIpc) is 2.79. The number of aliphatic hydroxyl groups excluding tert-OH is 3. The van der Waals surface area contributed by atoms with E-state index in [-0.39, 0.29) is 6.42 Å². The Balaban J connectivity index is 2.75. The van der Waals surface area contributed by atoms with Gasteiger partial charge in [0.05, 0.1) is 13.2 Å². The van der Waals surface area contributed by atoms with Gasteiger partial charge < -0.3 is 34.3 Å². The number of carbonyl (C=O) groups is 4. The van der Waals surface area contributed by atoms with Crippen LogP contribution in [0.25, 0.3) is 0 Å². The fraction of sp³-hybridized carbons (Fsp3) is 0.800. The van der Waals surface area contributed by atoms with Gasteiger partial charge in [-0.05, 0) is 6.42 Å². The van der Waals surface area contributed by atoms with E-state index in [9.17, 15) is 34.5 Å². The minimum atomic E-state index is -2.89. The first-order valence-corrected chi connectivity index (χ1v) is 10.5. The van der Waals surface area contributed by atoms with Crippen molar-refractivity contribution < 1.29 is 53.4 Å². The summed E-state index contributed by atoms with van der Waals surface area (Å²) in [5.74, 6) is -8.13. The molecule has 0 aliphatic carbocycles. The molecule has 1 rings (SSSR count). The summed E-state index contributed by atoms with van der Waals surface area (Å²) in [5.41, 5.74) is 0. The number of cyclic esters (lactones) is 3. The molecule has 31 heavy (non-hydrogen) atoms. The van der Waals surface area contributed by atoms with E-state index in [4.69, 9.17) is 14.2 Å². The Kier molecular flexibility index (Phi) is 12.1. The number of hydrogen-bond donors (Lipinski definition) is 3. The van der Waals surface area contributed by atoms with Crippen molar-refractivity contribution in [3.8, 4) is 0 Å². The molecule has 1 aliphatic rings. The summed E-state index contributed by atoms with van der Waals surface area (Å²) < 4.78 is 19.1. The second-order valence-electron chi connectivity index (χ2n) is 7.22. The molecule has 3 N–H and O–H groups in total. The molecule has 3 unspecified atom stereocenters. The summed E-state index contributed by atoms with van der Waals surface area (Å²) in [7, 11) is 0. The first-order valence-electron chi connectivity index (χ1n) is 10.5. The lowest BCUT2D eigenvalue weighted by atomic mass is 10.1. The van der Waals surface area contributed by atoms with Gasteiger partial charge in [0.15, 0.2) is 0 Å². The Hall–Kier alpha value is -2.24. The third kappa shape index (κ3) is 8.42. The van der Waals surface area contributed by atoms with Gasteiger partial charge in [0.1, 0.15) is 6.61 Å². The Morgan fingerprint density at radius 2 is 1.42 bits per heavy atom. The highest BCUT2D eigenvalue weighted by Gasteiger charge is 2.52. The molecule has 0 saturated carbocycles. The van der Waals surface area contributed by atoms with Crippen LogP contribution in [0.1, 0.15) is 64.7 Å². The van der Waals surface area contributed by atoms with Crippen molar-refractivity contribution >= 4 is 23.9 Å². The Labute approximate surface area is 180 Å². The maximum absolute atomic E-state index is 12.4. The predicted octanol–water partition coefficient (Wildman–Crippen LogP) is 0.114. The maximum atomic E-state index is 12.4. The van der Waals surface area contributed by atoms with Crippen LogP contribution in [0, 0.1) is 0 Å². The van der Waals surface area contributed by atoms with E-state index in [0.717, 1.165) is 32.1 Å². The number of ether oxygens (including phenoxy) is 4. The molecular weight excluding hydrogens is 416 g/mol. The summed E-state index contributed by atoms with van der Waals surface area (Å²) in [6, 6.07) is 0. The van der Waals surface area contributed by atoms with Crippen molar-refractivity contribution in [3.63, 3.8) is 0 Å². The molecule has 178 valence electrons. The molecule has 0 spiro atoms. The van der Waals surface area contributed by atoms with Crippen molar-refractivity contribution in [2.24, 2.45) is 0 Å². The SMILES string of the molecule is CCCCCCCCCCC(=O)OC1(CO)OC(=O)C(CO)OC(=O)C(CO)OC1=O. The molecule has 0 aromatic carbocycles. The lowest BCUT2D eigenvalue weighted by Gasteiger charge is -2.28. The maximum Gasteiger partial charge on any atom is 0.396 e. The van der Waals surface area contributed by atoms with Gasteiger partial charge in [-0.25, -0.2) is 14.4 Å². The minimum absolute atomic E-state index is 0.107. The topological polar surface area (TPSA) is 166 Å². The van der Waals surface area contributed by atoms with E-state index >= 15 is 0 Å². The standard InChI is InChI=1S/C20H32O11/c1-2-3-4-5-6-7-8-9-10-16(24)30-20(13-23)19(27)29-14(11-21)17(25)28-15(12-22)18(26)31-20/h14-15,21-23H,2-13H2,1H3. The van der Waals surface area contributed by atoms with Crippen LogP contribution in [0.4, 0.5) is 0 Å². The third-order valence-electron chi connectivity index (χ3n) is 4.66. The second kappa shape index (κ2) is 13.9. The fourth-order valence-corrected chi connectivity index (χ4v) is 2.85. The highest BCUT2D eigenvalue weighted by Crippen LogP contribution is 2.22. The molecule has 11 nitrogen and oxygen atoms in total. The summed E-state index contributed by atoms with van der Waals surface area (Å²) in [6.45, 7) is -1.19. The average molecular weight is 448 g/mol. The zero-order valence-electron chi connectivity index (χ0n) is 17.7. The van der Waals surface area contributed by atoms with E-state index in [0.29, 0.717) is 6.42 Å². The first-order chi connectivity index (χ1) is 14.8. The van der Waals surface area contributed by atoms with Gasteiger partial charge >= 0.3 is 29.7 Å². The van der Waals surface area contributed by atoms with Gasteiger partial charge in [-0.1, -0.05) is 51.9 Å². The normalized spacial score (nSPS) is 24.3. The number of aliphatic hydroxyl groups is 3. The molecule has 0 radical (unpaired) electrons. The smallest absolute Gasteiger partial charge is 0.396 e. The summed E-state index contributed by atoms with van der Waals surface area (Å²) in [6.07, 6.45) is 3.96. The highest BCUT2D eigenvalue weighted by atomic mass is 16.8. The van der Waals surface area contributed by atoms with Crippen molar-refractivity contribution in [1.29, 1.82) is 0 Å². The minimum Gasteiger partial charge on any atom is -0.445 e. The van der Waals surface area contributed by atoms with Crippen LogP contribution < -0.4 is 0 Å². The van der Waals surface area contributed by atoms with Crippen molar-refractivity contribution in [2.75, 3.05) is 19.8 Å². The van der Waals surface area contributed by atoms with Crippen LogP contribution >= 0.6 is 0 Å². The fourth-order valence-electron chi connectivity index (χ4n) is 2.85. The molecule has 0 aromatic heterocycles. The zero-order chi connectivity index (χ0) is 23.3. The number of rotatable bonds is 13. The molecule has 1 heterocycles. The lowest BCUT2D eigenvalue weighted by Crippen LogP contribution is -2.53. The number of esters is 4. The molecule has 3 atom stereocenters. The van der Waals surface area contributed by atoms with Crippen LogP contribution in [-0.2, 0) is 38.1 Å².